The van der Waals surface area contributed by atoms with Gasteiger partial charge in [-0.1, -0.05) is 30.3 Å². The van der Waals surface area contributed by atoms with Gasteiger partial charge in [0, 0.05) is 18.1 Å². The summed E-state index contributed by atoms with van der Waals surface area (Å²) in [6, 6.07) is 10.7. The summed E-state index contributed by atoms with van der Waals surface area (Å²) in [5, 5.41) is 3.63. The van der Waals surface area contributed by atoms with Gasteiger partial charge in [0.2, 0.25) is 0 Å². The van der Waals surface area contributed by atoms with E-state index >= 15 is 0 Å². The van der Waals surface area contributed by atoms with E-state index in [1.807, 2.05) is 18.2 Å². The van der Waals surface area contributed by atoms with Gasteiger partial charge in [-0.25, -0.2) is 0 Å². The first-order chi connectivity index (χ1) is 8.36. The average molecular weight is 232 g/mol. The molecule has 1 atom stereocenters. The number of hydroxylamine groups is 1. The van der Waals surface area contributed by atoms with Crippen molar-refractivity contribution in [3.63, 3.8) is 0 Å². The third kappa shape index (κ3) is 2.86. The van der Waals surface area contributed by atoms with E-state index in [-0.39, 0.29) is 0 Å². The molecule has 1 aromatic carbocycles. The molecule has 3 nitrogen and oxygen atoms in total. The minimum absolute atomic E-state index is 0.463. The Kier molecular flexibility index (Phi) is 3.14. The Labute approximate surface area is 103 Å². The minimum Gasteiger partial charge on any atom is -0.310 e. The topological polar surface area (TPSA) is 33.3 Å². The van der Waals surface area contributed by atoms with Crippen molar-refractivity contribution in [1.29, 1.82) is 0 Å². The Bertz CT molecular complexity index is 352. The zero-order chi connectivity index (χ0) is 11.6. The van der Waals surface area contributed by atoms with Gasteiger partial charge in [-0.3, -0.25) is 4.84 Å². The molecule has 0 bridgehead atoms. The molecule has 1 saturated carbocycles. The van der Waals surface area contributed by atoms with Crippen LogP contribution in [0, 0.1) is 0 Å². The maximum absolute atomic E-state index is 5.56. The van der Waals surface area contributed by atoms with Crippen LogP contribution in [0.1, 0.15) is 31.2 Å². The molecule has 2 fully saturated rings. The second-order valence-corrected chi connectivity index (χ2v) is 5.29. The summed E-state index contributed by atoms with van der Waals surface area (Å²) in [4.78, 5) is 5.56. The molecule has 2 aliphatic rings. The Morgan fingerprint density at radius 3 is 2.71 bits per heavy atom. The number of hydrogen-bond acceptors (Lipinski definition) is 3. The van der Waals surface area contributed by atoms with Crippen molar-refractivity contribution in [1.82, 2.24) is 10.8 Å². The molecule has 1 heterocycles. The van der Waals surface area contributed by atoms with E-state index in [9.17, 15) is 0 Å². The van der Waals surface area contributed by atoms with Gasteiger partial charge >= 0.3 is 0 Å². The fourth-order valence-electron chi connectivity index (χ4n) is 2.48. The fraction of sp³-hybridized carbons (Fsp3) is 0.571. The highest BCUT2D eigenvalue weighted by Crippen LogP contribution is 2.41. The molecule has 1 saturated heterocycles. The van der Waals surface area contributed by atoms with Crippen LogP contribution >= 0.6 is 0 Å². The molecule has 0 amide bonds. The molecule has 0 aromatic heterocycles. The Morgan fingerprint density at radius 1 is 1.24 bits per heavy atom. The molecule has 0 radical (unpaired) electrons. The van der Waals surface area contributed by atoms with Crippen LogP contribution in [-0.2, 0) is 11.4 Å². The summed E-state index contributed by atoms with van der Waals surface area (Å²) in [5.74, 6) is 0. The van der Waals surface area contributed by atoms with Crippen molar-refractivity contribution in [3.05, 3.63) is 35.9 Å². The summed E-state index contributed by atoms with van der Waals surface area (Å²) >= 11 is 0. The quantitative estimate of drug-likeness (QED) is 0.779. The van der Waals surface area contributed by atoms with Gasteiger partial charge in [-0.2, -0.15) is 5.48 Å². The Hall–Kier alpha value is -0.900. The zero-order valence-corrected chi connectivity index (χ0v) is 10.1. The molecule has 92 valence electrons. The number of benzene rings is 1. The number of nitrogens with one attached hydrogen (secondary N) is 2. The molecule has 2 N–H and O–H groups in total. The van der Waals surface area contributed by atoms with Gasteiger partial charge in [0.15, 0.2) is 0 Å². The van der Waals surface area contributed by atoms with Crippen molar-refractivity contribution >= 4 is 0 Å². The monoisotopic (exact) mass is 232 g/mol. The van der Waals surface area contributed by atoms with Crippen LogP contribution in [0.3, 0.4) is 0 Å². The number of rotatable bonds is 4. The lowest BCUT2D eigenvalue weighted by Crippen LogP contribution is -2.49. The third-order valence-electron chi connectivity index (χ3n) is 3.88. The van der Waals surface area contributed by atoms with Crippen LogP contribution in [0.4, 0.5) is 0 Å². The standard InChI is InChI=1S/C14H20N2O/c1-2-4-12(5-3-1)11-17-16-13-6-7-14(8-9-14)15-10-13/h1-5,13,15-16H,6-11H2/t13-/m1/s1. The van der Waals surface area contributed by atoms with Crippen LogP contribution in [0.25, 0.3) is 0 Å². The summed E-state index contributed by atoms with van der Waals surface area (Å²) in [6.07, 6.45) is 5.25. The van der Waals surface area contributed by atoms with Gasteiger partial charge in [0.05, 0.1) is 6.61 Å². The van der Waals surface area contributed by atoms with Crippen LogP contribution in [0.2, 0.25) is 0 Å². The largest absolute Gasteiger partial charge is 0.310 e. The molecule has 1 aromatic rings. The third-order valence-corrected chi connectivity index (χ3v) is 3.88. The van der Waals surface area contributed by atoms with E-state index in [4.69, 9.17) is 4.84 Å². The van der Waals surface area contributed by atoms with Crippen molar-refractivity contribution in [2.24, 2.45) is 0 Å². The lowest BCUT2D eigenvalue weighted by Gasteiger charge is -2.30. The van der Waals surface area contributed by atoms with E-state index in [0.717, 1.165) is 6.54 Å². The zero-order valence-electron chi connectivity index (χ0n) is 10.1. The van der Waals surface area contributed by atoms with Crippen LogP contribution in [0.5, 0.6) is 0 Å². The maximum atomic E-state index is 5.56. The van der Waals surface area contributed by atoms with Crippen LogP contribution in [-0.4, -0.2) is 18.1 Å². The van der Waals surface area contributed by atoms with Gasteiger partial charge in [0.1, 0.15) is 0 Å². The molecular weight excluding hydrogens is 212 g/mol. The van der Waals surface area contributed by atoms with Crippen molar-refractivity contribution in [3.8, 4) is 0 Å². The molecular formula is C14H20N2O. The average Bonchev–Trinajstić information content (AvgIpc) is 3.13. The van der Waals surface area contributed by atoms with Crippen molar-refractivity contribution < 1.29 is 4.84 Å². The Morgan fingerprint density at radius 2 is 2.06 bits per heavy atom. The minimum atomic E-state index is 0.463. The van der Waals surface area contributed by atoms with Crippen LogP contribution < -0.4 is 10.8 Å². The summed E-state index contributed by atoms with van der Waals surface area (Å²) in [7, 11) is 0. The molecule has 1 spiro atoms. The molecule has 3 heteroatoms. The number of hydrogen-bond donors (Lipinski definition) is 2. The van der Waals surface area contributed by atoms with E-state index in [1.165, 1.54) is 31.2 Å². The first-order valence-electron chi connectivity index (χ1n) is 6.53. The van der Waals surface area contributed by atoms with E-state index < -0.39 is 0 Å². The summed E-state index contributed by atoms with van der Waals surface area (Å²) in [6.45, 7) is 1.68. The second kappa shape index (κ2) is 4.77. The fourth-order valence-corrected chi connectivity index (χ4v) is 2.48. The first kappa shape index (κ1) is 11.2. The van der Waals surface area contributed by atoms with Gasteiger partial charge in [0.25, 0.3) is 0 Å². The summed E-state index contributed by atoms with van der Waals surface area (Å²) in [5.41, 5.74) is 4.91. The van der Waals surface area contributed by atoms with Gasteiger partial charge in [-0.15, -0.1) is 0 Å². The number of piperidine rings is 1. The lowest BCUT2D eigenvalue weighted by molar-refractivity contribution is -0.00467. The highest BCUT2D eigenvalue weighted by molar-refractivity contribution is 5.13. The SMILES string of the molecule is c1ccc(CON[C@@H]2CCC3(CC3)NC2)cc1. The predicted octanol–water partition coefficient (Wildman–Crippen LogP) is 1.99. The molecule has 1 aliphatic heterocycles. The molecule has 3 rings (SSSR count). The summed E-state index contributed by atoms with van der Waals surface area (Å²) < 4.78 is 0. The van der Waals surface area contributed by atoms with Crippen LogP contribution in [0.15, 0.2) is 30.3 Å². The van der Waals surface area contributed by atoms with Crippen molar-refractivity contribution in [2.75, 3.05) is 6.54 Å². The first-order valence-corrected chi connectivity index (χ1v) is 6.53. The predicted molar refractivity (Wildman–Crippen MR) is 67.4 cm³/mol. The smallest absolute Gasteiger partial charge is 0.0933 e. The van der Waals surface area contributed by atoms with Gasteiger partial charge in [-0.05, 0) is 31.2 Å². The Balaban J connectivity index is 1.37. The molecule has 0 unspecified atom stereocenters. The van der Waals surface area contributed by atoms with E-state index in [1.54, 1.807) is 0 Å². The lowest BCUT2D eigenvalue weighted by atomic mass is 10.00. The molecule has 1 aliphatic carbocycles. The van der Waals surface area contributed by atoms with E-state index in [2.05, 4.69) is 22.9 Å². The maximum Gasteiger partial charge on any atom is 0.0933 e. The van der Waals surface area contributed by atoms with Gasteiger partial charge < -0.3 is 5.32 Å². The second-order valence-electron chi connectivity index (χ2n) is 5.29. The normalized spacial score (nSPS) is 26.0. The van der Waals surface area contributed by atoms with Crippen molar-refractivity contribution in [2.45, 2.75) is 43.9 Å². The highest BCUT2D eigenvalue weighted by Gasteiger charge is 2.44. The highest BCUT2D eigenvalue weighted by atomic mass is 16.6. The van der Waals surface area contributed by atoms with E-state index in [0.29, 0.717) is 18.2 Å². The molecule has 17 heavy (non-hydrogen) atoms.